The van der Waals surface area contributed by atoms with Gasteiger partial charge in [0.1, 0.15) is 24.1 Å². The summed E-state index contributed by atoms with van der Waals surface area (Å²) in [6.07, 6.45) is -0.866. The Morgan fingerprint density at radius 3 is 2.48 bits per heavy atom. The zero-order valence-electron chi connectivity index (χ0n) is 24.6. The second-order valence-corrected chi connectivity index (χ2v) is 10.5. The van der Waals surface area contributed by atoms with Crippen molar-refractivity contribution < 1.29 is 42.9 Å². The number of nitrogens with one attached hydrogen (secondary N) is 4. The standard InChI is InChI=1S/C29H40N4O9/c1-6-25(42-29(38)40-5)41-15-23(34)20(13-17-10-11-30-26(17)35)32-27(36)21(12-16(2)3)33-28(37)22-14-18-19(31-22)8-7-9-24(18)39-4/h7-9,14,16-17,20-21,25,31H,6,10-13,15H2,1-5H3,(H,30,35)(H,32,36)(H,33,37)/t17-,20?,21?,25?/m0/s1. The molecule has 3 rings (SSSR count). The molecule has 1 aromatic heterocycles. The highest BCUT2D eigenvalue weighted by atomic mass is 16.8. The molecular weight excluding hydrogens is 548 g/mol. The number of hydrogen-bond donors (Lipinski definition) is 4. The van der Waals surface area contributed by atoms with Crippen molar-refractivity contribution >= 4 is 40.6 Å². The minimum atomic E-state index is -1.08. The summed E-state index contributed by atoms with van der Waals surface area (Å²) in [5, 5.41) is 8.97. The lowest BCUT2D eigenvalue weighted by atomic mass is 9.95. The monoisotopic (exact) mass is 588 g/mol. The Morgan fingerprint density at radius 2 is 1.86 bits per heavy atom. The number of hydrogen-bond acceptors (Lipinski definition) is 9. The highest BCUT2D eigenvalue weighted by molar-refractivity contribution is 6.02. The van der Waals surface area contributed by atoms with Crippen LogP contribution in [-0.4, -0.2) is 80.4 Å². The number of ketones is 1. The molecule has 0 aliphatic carbocycles. The smallest absolute Gasteiger partial charge is 0.496 e. The van der Waals surface area contributed by atoms with E-state index in [2.05, 4.69) is 25.7 Å². The zero-order valence-corrected chi connectivity index (χ0v) is 24.6. The van der Waals surface area contributed by atoms with Crippen LogP contribution in [0.4, 0.5) is 4.79 Å². The van der Waals surface area contributed by atoms with Crippen molar-refractivity contribution in [2.24, 2.45) is 11.8 Å². The third-order valence-corrected chi connectivity index (χ3v) is 6.94. The maximum absolute atomic E-state index is 13.5. The second-order valence-electron chi connectivity index (χ2n) is 10.5. The Balaban J connectivity index is 1.75. The van der Waals surface area contributed by atoms with Gasteiger partial charge in [0.15, 0.2) is 5.78 Å². The average Bonchev–Trinajstić information content (AvgIpc) is 3.59. The predicted octanol–water partition coefficient (Wildman–Crippen LogP) is 2.44. The molecule has 4 atom stereocenters. The Labute approximate surface area is 244 Å². The maximum atomic E-state index is 13.5. The zero-order chi connectivity index (χ0) is 30.8. The molecule has 13 nitrogen and oxygen atoms in total. The molecule has 1 fully saturated rings. The van der Waals surface area contributed by atoms with Crippen molar-refractivity contribution in [1.82, 2.24) is 20.9 Å². The first-order valence-electron chi connectivity index (χ1n) is 14.0. The fraction of sp³-hybridized carbons (Fsp3) is 0.552. The van der Waals surface area contributed by atoms with Gasteiger partial charge < -0.3 is 39.9 Å². The van der Waals surface area contributed by atoms with Crippen LogP contribution in [0.1, 0.15) is 56.9 Å². The Morgan fingerprint density at radius 1 is 1.10 bits per heavy atom. The van der Waals surface area contributed by atoms with Crippen molar-refractivity contribution in [3.63, 3.8) is 0 Å². The van der Waals surface area contributed by atoms with Crippen LogP contribution in [0.15, 0.2) is 24.3 Å². The maximum Gasteiger partial charge on any atom is 0.510 e. The van der Waals surface area contributed by atoms with E-state index in [0.29, 0.717) is 30.7 Å². The van der Waals surface area contributed by atoms with Crippen LogP contribution in [0.5, 0.6) is 5.75 Å². The van der Waals surface area contributed by atoms with E-state index in [-0.39, 0.29) is 30.4 Å². The number of H-pyrrole nitrogens is 1. The van der Waals surface area contributed by atoms with E-state index < -0.39 is 54.7 Å². The first kappa shape index (κ1) is 32.4. The number of carbonyl (C=O) groups is 5. The lowest BCUT2D eigenvalue weighted by molar-refractivity contribution is -0.148. The van der Waals surface area contributed by atoms with Gasteiger partial charge in [-0.3, -0.25) is 19.2 Å². The molecular formula is C29H40N4O9. The Kier molecular flexibility index (Phi) is 11.7. The van der Waals surface area contributed by atoms with Gasteiger partial charge in [-0.15, -0.1) is 0 Å². The molecule has 1 aliphatic rings. The van der Waals surface area contributed by atoms with Gasteiger partial charge in [-0.05, 0) is 43.4 Å². The van der Waals surface area contributed by atoms with Crippen molar-refractivity contribution in [3.8, 4) is 5.75 Å². The minimum Gasteiger partial charge on any atom is -0.496 e. The normalized spacial score (nSPS) is 16.8. The number of Topliss-reactive ketones (excluding diaryl/α,β-unsaturated/α-hetero) is 1. The number of rotatable bonds is 15. The number of aromatic amines is 1. The van der Waals surface area contributed by atoms with Gasteiger partial charge in [-0.1, -0.05) is 26.8 Å². The third-order valence-electron chi connectivity index (χ3n) is 6.94. The van der Waals surface area contributed by atoms with Crippen LogP contribution in [-0.2, 0) is 28.6 Å². The number of carbonyl (C=O) groups excluding carboxylic acids is 5. The molecule has 3 amide bonds. The van der Waals surface area contributed by atoms with E-state index in [9.17, 15) is 24.0 Å². The van der Waals surface area contributed by atoms with Gasteiger partial charge in [-0.2, -0.15) is 0 Å². The molecule has 1 saturated heterocycles. The van der Waals surface area contributed by atoms with Crippen LogP contribution in [0.25, 0.3) is 10.9 Å². The number of amides is 3. The fourth-order valence-corrected chi connectivity index (χ4v) is 4.73. The van der Waals surface area contributed by atoms with E-state index in [0.717, 1.165) is 12.5 Å². The highest BCUT2D eigenvalue weighted by Gasteiger charge is 2.34. The van der Waals surface area contributed by atoms with E-state index in [1.54, 1.807) is 25.1 Å². The fourth-order valence-electron chi connectivity index (χ4n) is 4.73. The molecule has 0 bridgehead atoms. The predicted molar refractivity (Wildman–Crippen MR) is 152 cm³/mol. The van der Waals surface area contributed by atoms with Gasteiger partial charge in [0.25, 0.3) is 5.91 Å². The summed E-state index contributed by atoms with van der Waals surface area (Å²) in [6.45, 7) is 5.51. The van der Waals surface area contributed by atoms with Gasteiger partial charge in [0, 0.05) is 29.8 Å². The van der Waals surface area contributed by atoms with E-state index in [1.165, 1.54) is 7.11 Å². The number of methoxy groups -OCH3 is 2. The summed E-state index contributed by atoms with van der Waals surface area (Å²) in [7, 11) is 2.69. The number of fused-ring (bicyclic) bond motifs is 1. The lowest BCUT2D eigenvalue weighted by Crippen LogP contribution is -2.53. The molecule has 4 N–H and O–H groups in total. The van der Waals surface area contributed by atoms with Crippen molar-refractivity contribution in [1.29, 1.82) is 0 Å². The molecule has 0 spiro atoms. The van der Waals surface area contributed by atoms with Crippen LogP contribution in [0.2, 0.25) is 0 Å². The lowest BCUT2D eigenvalue weighted by Gasteiger charge is -2.25. The molecule has 2 heterocycles. The average molecular weight is 589 g/mol. The summed E-state index contributed by atoms with van der Waals surface area (Å²) in [5.74, 6) is -1.63. The van der Waals surface area contributed by atoms with Gasteiger partial charge in [0.2, 0.25) is 18.1 Å². The van der Waals surface area contributed by atoms with Gasteiger partial charge >= 0.3 is 6.16 Å². The molecule has 0 saturated carbocycles. The van der Waals surface area contributed by atoms with E-state index >= 15 is 0 Å². The molecule has 2 aromatic rings. The largest absolute Gasteiger partial charge is 0.510 e. The van der Waals surface area contributed by atoms with Crippen LogP contribution >= 0.6 is 0 Å². The van der Waals surface area contributed by atoms with Crippen molar-refractivity contribution in [2.75, 3.05) is 27.4 Å². The number of aromatic nitrogens is 1. The summed E-state index contributed by atoms with van der Waals surface area (Å²) in [5.41, 5.74) is 0.947. The van der Waals surface area contributed by atoms with Crippen molar-refractivity contribution in [3.05, 3.63) is 30.0 Å². The molecule has 3 unspecified atom stereocenters. The molecule has 42 heavy (non-hydrogen) atoms. The first-order chi connectivity index (χ1) is 20.1. The number of ether oxygens (including phenoxy) is 4. The van der Waals surface area contributed by atoms with E-state index in [4.69, 9.17) is 14.2 Å². The molecule has 0 radical (unpaired) electrons. The second kappa shape index (κ2) is 15.2. The SMILES string of the molecule is CCC(OCC(=O)C(C[C@@H]1CCNC1=O)NC(=O)C(CC(C)C)NC(=O)c1cc2c(OC)cccc2[nH]1)OC(=O)OC. The van der Waals surface area contributed by atoms with Crippen LogP contribution in [0, 0.1) is 11.8 Å². The first-order valence-corrected chi connectivity index (χ1v) is 14.0. The van der Waals surface area contributed by atoms with Crippen LogP contribution in [0.3, 0.4) is 0 Å². The minimum absolute atomic E-state index is 0.0303. The number of benzene rings is 1. The summed E-state index contributed by atoms with van der Waals surface area (Å²) in [4.78, 5) is 66.8. The quantitative estimate of drug-likeness (QED) is 0.180. The molecule has 1 aliphatic heterocycles. The Hall–Kier alpha value is -4.13. The van der Waals surface area contributed by atoms with Gasteiger partial charge in [-0.25, -0.2) is 4.79 Å². The summed E-state index contributed by atoms with van der Waals surface area (Å²) >= 11 is 0. The highest BCUT2D eigenvalue weighted by Crippen LogP contribution is 2.26. The summed E-state index contributed by atoms with van der Waals surface area (Å²) in [6, 6.07) is 4.99. The van der Waals surface area contributed by atoms with E-state index in [1.807, 2.05) is 19.9 Å². The van der Waals surface area contributed by atoms with Crippen LogP contribution < -0.4 is 20.7 Å². The third kappa shape index (κ3) is 8.68. The topological polar surface area (TPSA) is 174 Å². The van der Waals surface area contributed by atoms with Gasteiger partial charge in [0.05, 0.1) is 20.3 Å². The molecule has 13 heteroatoms. The molecule has 1 aromatic carbocycles. The van der Waals surface area contributed by atoms with Crippen molar-refractivity contribution in [2.45, 2.75) is 64.8 Å². The Bertz CT molecular complexity index is 1280. The molecule has 230 valence electrons. The summed E-state index contributed by atoms with van der Waals surface area (Å²) < 4.78 is 20.3.